The summed E-state index contributed by atoms with van der Waals surface area (Å²) in [5.74, 6) is 1.74. The third-order valence-electron chi connectivity index (χ3n) is 2.04. The zero-order chi connectivity index (χ0) is 9.73. The smallest absolute Gasteiger partial charge is 0.175 e. The van der Waals surface area contributed by atoms with E-state index in [2.05, 4.69) is 47.1 Å². The second-order valence-corrected chi connectivity index (χ2v) is 4.44. The Kier molecular flexibility index (Phi) is 3.71. The van der Waals surface area contributed by atoms with E-state index in [4.69, 9.17) is 0 Å². The van der Waals surface area contributed by atoms with Crippen molar-refractivity contribution in [3.63, 3.8) is 0 Å². The molecule has 0 amide bonds. The molecular formula is C8H16N4S. The highest BCUT2D eigenvalue weighted by atomic mass is 32.1. The van der Waals surface area contributed by atoms with Crippen molar-refractivity contribution >= 4 is 12.6 Å². The third-order valence-corrected chi connectivity index (χ3v) is 2.35. The van der Waals surface area contributed by atoms with Crippen molar-refractivity contribution in [1.29, 1.82) is 0 Å². The van der Waals surface area contributed by atoms with Crippen LogP contribution in [-0.4, -0.2) is 26.4 Å². The Bertz CT molecular complexity index is 232. The predicted octanol–water partition coefficient (Wildman–Crippen LogP) is 1.48. The van der Waals surface area contributed by atoms with Crippen LogP contribution < -0.4 is 0 Å². The fourth-order valence-electron chi connectivity index (χ4n) is 1.33. The zero-order valence-electron chi connectivity index (χ0n) is 8.12. The number of hydrogen-bond acceptors (Lipinski definition) is 4. The maximum Gasteiger partial charge on any atom is 0.175 e. The molecule has 1 aromatic heterocycles. The van der Waals surface area contributed by atoms with Crippen LogP contribution in [0.2, 0.25) is 0 Å². The zero-order valence-corrected chi connectivity index (χ0v) is 9.01. The highest BCUT2D eigenvalue weighted by Crippen LogP contribution is 2.25. The van der Waals surface area contributed by atoms with E-state index in [9.17, 15) is 0 Å². The molecule has 13 heavy (non-hydrogen) atoms. The van der Waals surface area contributed by atoms with Gasteiger partial charge < -0.3 is 0 Å². The van der Waals surface area contributed by atoms with Gasteiger partial charge in [0.05, 0.1) is 0 Å². The molecule has 0 unspecified atom stereocenters. The second kappa shape index (κ2) is 4.60. The molecule has 0 saturated carbocycles. The fraction of sp³-hybridized carbons (Fsp3) is 0.875. The molecule has 4 nitrogen and oxygen atoms in total. The number of nitrogens with zero attached hydrogens (tertiary/aromatic N) is 3. The minimum absolute atomic E-state index is 0.243. The minimum Gasteiger partial charge on any atom is -0.179 e. The second-order valence-electron chi connectivity index (χ2n) is 4.00. The number of tetrazole rings is 1. The number of rotatable bonds is 5. The SMILES string of the molecule is CC(C)(CCCS)Cc1nn[nH]n1. The van der Waals surface area contributed by atoms with E-state index in [1.807, 2.05) is 0 Å². The molecule has 1 heterocycles. The molecule has 0 bridgehead atoms. The van der Waals surface area contributed by atoms with Gasteiger partial charge >= 0.3 is 0 Å². The first kappa shape index (κ1) is 10.5. The lowest BCUT2D eigenvalue weighted by atomic mass is 9.84. The average molecular weight is 200 g/mol. The molecule has 1 aromatic rings. The molecule has 0 aromatic carbocycles. The number of aromatic nitrogens is 4. The molecule has 5 heteroatoms. The van der Waals surface area contributed by atoms with Crippen molar-refractivity contribution < 1.29 is 0 Å². The Labute approximate surface area is 83.9 Å². The molecule has 74 valence electrons. The maximum absolute atomic E-state index is 4.20. The van der Waals surface area contributed by atoms with Crippen LogP contribution in [0, 0.1) is 5.41 Å². The Balaban J connectivity index is 2.42. The summed E-state index contributed by atoms with van der Waals surface area (Å²) in [5, 5.41) is 13.9. The maximum atomic E-state index is 4.20. The van der Waals surface area contributed by atoms with Gasteiger partial charge in [-0.15, -0.1) is 10.2 Å². The first-order chi connectivity index (χ1) is 6.14. The van der Waals surface area contributed by atoms with Gasteiger partial charge in [0.15, 0.2) is 5.82 Å². The van der Waals surface area contributed by atoms with Gasteiger partial charge in [0.1, 0.15) is 0 Å². The number of thiol groups is 1. The van der Waals surface area contributed by atoms with Gasteiger partial charge in [-0.05, 0) is 24.0 Å². The molecule has 0 aliphatic rings. The highest BCUT2D eigenvalue weighted by Gasteiger charge is 2.19. The van der Waals surface area contributed by atoms with E-state index in [1.54, 1.807) is 0 Å². The lowest BCUT2D eigenvalue weighted by molar-refractivity contribution is 0.323. The van der Waals surface area contributed by atoms with E-state index < -0.39 is 0 Å². The van der Waals surface area contributed by atoms with Gasteiger partial charge in [-0.2, -0.15) is 17.8 Å². The highest BCUT2D eigenvalue weighted by molar-refractivity contribution is 7.80. The van der Waals surface area contributed by atoms with E-state index >= 15 is 0 Å². The first-order valence-corrected chi connectivity index (χ1v) is 5.10. The molecule has 1 rings (SSSR count). The van der Waals surface area contributed by atoms with Crippen molar-refractivity contribution in [2.45, 2.75) is 33.1 Å². The van der Waals surface area contributed by atoms with Gasteiger partial charge in [0.2, 0.25) is 0 Å². The quantitative estimate of drug-likeness (QED) is 0.708. The molecular weight excluding hydrogens is 184 g/mol. The van der Waals surface area contributed by atoms with Crippen molar-refractivity contribution in [2.75, 3.05) is 5.75 Å². The lowest BCUT2D eigenvalue weighted by Crippen LogP contribution is -2.16. The predicted molar refractivity (Wildman–Crippen MR) is 54.7 cm³/mol. The Morgan fingerprint density at radius 3 is 2.77 bits per heavy atom. The van der Waals surface area contributed by atoms with Gasteiger partial charge in [-0.25, -0.2) is 0 Å². The molecule has 1 N–H and O–H groups in total. The van der Waals surface area contributed by atoms with E-state index in [0.717, 1.165) is 30.8 Å². The van der Waals surface area contributed by atoms with Gasteiger partial charge in [0, 0.05) is 6.42 Å². The van der Waals surface area contributed by atoms with E-state index in [0.29, 0.717) is 0 Å². The lowest BCUT2D eigenvalue weighted by Gasteiger charge is -2.21. The van der Waals surface area contributed by atoms with Crippen LogP contribution in [0.25, 0.3) is 0 Å². The molecule has 0 aliphatic heterocycles. The Morgan fingerprint density at radius 1 is 1.46 bits per heavy atom. The molecule has 0 atom stereocenters. The Morgan fingerprint density at radius 2 is 2.23 bits per heavy atom. The van der Waals surface area contributed by atoms with Crippen LogP contribution >= 0.6 is 12.6 Å². The first-order valence-electron chi connectivity index (χ1n) is 4.47. The van der Waals surface area contributed by atoms with Crippen LogP contribution in [0.15, 0.2) is 0 Å². The monoisotopic (exact) mass is 200 g/mol. The summed E-state index contributed by atoms with van der Waals surface area (Å²) in [5.41, 5.74) is 0.243. The van der Waals surface area contributed by atoms with Crippen LogP contribution in [0.4, 0.5) is 0 Å². The summed E-state index contributed by atoms with van der Waals surface area (Å²) in [6.07, 6.45) is 3.15. The molecule has 0 aliphatic carbocycles. The van der Waals surface area contributed by atoms with Gasteiger partial charge in [-0.3, -0.25) is 0 Å². The summed E-state index contributed by atoms with van der Waals surface area (Å²) >= 11 is 4.20. The molecule has 0 saturated heterocycles. The van der Waals surface area contributed by atoms with Crippen LogP contribution in [-0.2, 0) is 6.42 Å². The van der Waals surface area contributed by atoms with Gasteiger partial charge in [0.25, 0.3) is 0 Å². The number of H-pyrrole nitrogens is 1. The summed E-state index contributed by atoms with van der Waals surface area (Å²) in [6, 6.07) is 0. The molecule has 0 spiro atoms. The van der Waals surface area contributed by atoms with Crippen LogP contribution in [0.1, 0.15) is 32.5 Å². The van der Waals surface area contributed by atoms with Crippen molar-refractivity contribution in [1.82, 2.24) is 20.6 Å². The fourth-order valence-corrected chi connectivity index (χ4v) is 1.49. The topological polar surface area (TPSA) is 54.5 Å². The van der Waals surface area contributed by atoms with Crippen LogP contribution in [0.3, 0.4) is 0 Å². The summed E-state index contributed by atoms with van der Waals surface area (Å²) < 4.78 is 0. The largest absolute Gasteiger partial charge is 0.179 e. The van der Waals surface area contributed by atoms with E-state index in [1.165, 1.54) is 0 Å². The normalized spacial score (nSPS) is 11.9. The Hall–Kier alpha value is -0.580. The van der Waals surface area contributed by atoms with Crippen molar-refractivity contribution in [3.05, 3.63) is 5.82 Å². The summed E-state index contributed by atoms with van der Waals surface area (Å²) in [4.78, 5) is 0. The molecule has 0 radical (unpaired) electrons. The number of nitrogens with one attached hydrogen (secondary N) is 1. The number of hydrogen-bond donors (Lipinski definition) is 2. The van der Waals surface area contributed by atoms with Crippen molar-refractivity contribution in [3.8, 4) is 0 Å². The van der Waals surface area contributed by atoms with E-state index in [-0.39, 0.29) is 5.41 Å². The van der Waals surface area contributed by atoms with Gasteiger partial charge in [-0.1, -0.05) is 19.1 Å². The average Bonchev–Trinajstić information content (AvgIpc) is 2.52. The summed E-state index contributed by atoms with van der Waals surface area (Å²) in [7, 11) is 0. The molecule has 0 fully saturated rings. The summed E-state index contributed by atoms with van der Waals surface area (Å²) in [6.45, 7) is 4.43. The van der Waals surface area contributed by atoms with Crippen LogP contribution in [0.5, 0.6) is 0 Å². The minimum atomic E-state index is 0.243. The van der Waals surface area contributed by atoms with Crippen molar-refractivity contribution in [2.24, 2.45) is 5.41 Å². The third kappa shape index (κ3) is 3.76. The standard InChI is InChI=1S/C8H16N4S/c1-8(2,4-3-5-13)6-7-9-11-12-10-7/h13H,3-6H2,1-2H3,(H,9,10,11,12). The number of aromatic amines is 1.